The summed E-state index contributed by atoms with van der Waals surface area (Å²) in [5.41, 5.74) is 3.74. The lowest BCUT2D eigenvalue weighted by atomic mass is 9.83. The quantitative estimate of drug-likeness (QED) is 0.433. The van der Waals surface area contributed by atoms with Crippen molar-refractivity contribution in [3.8, 4) is 11.1 Å². The number of carbonyl (C=O) groups is 1. The van der Waals surface area contributed by atoms with Crippen molar-refractivity contribution < 1.29 is 9.18 Å². The van der Waals surface area contributed by atoms with Gasteiger partial charge in [-0.3, -0.25) is 4.79 Å². The van der Waals surface area contributed by atoms with E-state index in [1.807, 2.05) is 35.0 Å². The summed E-state index contributed by atoms with van der Waals surface area (Å²) in [4.78, 5) is 17.0. The van der Waals surface area contributed by atoms with E-state index < -0.39 is 5.41 Å². The zero-order valence-corrected chi connectivity index (χ0v) is 18.3. The van der Waals surface area contributed by atoms with E-state index in [0.29, 0.717) is 12.1 Å². The van der Waals surface area contributed by atoms with Crippen molar-refractivity contribution in [2.45, 2.75) is 32.4 Å². The lowest BCUT2D eigenvalue weighted by Crippen LogP contribution is -2.40. The van der Waals surface area contributed by atoms with Crippen molar-refractivity contribution in [1.29, 1.82) is 0 Å². The average Bonchev–Trinajstić information content (AvgIpc) is 3.31. The molecule has 1 N–H and O–H groups in total. The zero-order chi connectivity index (χ0) is 22.6. The minimum absolute atomic E-state index is 0.215. The Morgan fingerprint density at radius 2 is 1.72 bits per heavy atom. The largest absolute Gasteiger partial charge is 0.351 e. The number of carbonyl (C=O) groups excluding carboxylic acids is 1. The van der Waals surface area contributed by atoms with Crippen LogP contribution in [0.2, 0.25) is 0 Å². The number of imidazole rings is 1. The molecule has 5 heteroatoms. The number of hydrogen-bond acceptors (Lipinski definition) is 2. The van der Waals surface area contributed by atoms with E-state index in [2.05, 4.69) is 34.6 Å². The van der Waals surface area contributed by atoms with Crippen LogP contribution in [0, 0.1) is 5.82 Å². The molecule has 0 atom stereocenters. The predicted molar refractivity (Wildman–Crippen MR) is 124 cm³/mol. The van der Waals surface area contributed by atoms with Crippen LogP contribution >= 0.6 is 0 Å². The average molecular weight is 428 g/mol. The maximum absolute atomic E-state index is 14.3. The molecule has 0 radical (unpaired) electrons. The molecule has 3 aromatic carbocycles. The molecule has 0 saturated carbocycles. The molecule has 1 amide bonds. The molecule has 0 aliphatic carbocycles. The topological polar surface area (TPSA) is 46.9 Å². The van der Waals surface area contributed by atoms with E-state index >= 15 is 0 Å². The normalized spacial score (nSPS) is 11.3. The number of nitrogens with one attached hydrogen (secondary N) is 1. The fraction of sp³-hybridized carbons (Fsp3) is 0.185. The van der Waals surface area contributed by atoms with Gasteiger partial charge in [0.25, 0.3) is 0 Å². The SMILES string of the molecule is CC(C)(C(=O)NCc1ccccc1-c1ccc(Cn2ccnc2)cc1)c1ccccc1F. The molecule has 1 heterocycles. The molecule has 0 saturated heterocycles. The number of aromatic nitrogens is 2. The smallest absolute Gasteiger partial charge is 0.230 e. The highest BCUT2D eigenvalue weighted by Gasteiger charge is 2.32. The van der Waals surface area contributed by atoms with E-state index in [4.69, 9.17) is 0 Å². The monoisotopic (exact) mass is 427 g/mol. The second kappa shape index (κ2) is 9.18. The minimum Gasteiger partial charge on any atom is -0.351 e. The summed E-state index contributed by atoms with van der Waals surface area (Å²) in [6.45, 7) is 4.62. The number of nitrogens with zero attached hydrogens (tertiary/aromatic N) is 2. The molecule has 162 valence electrons. The lowest BCUT2D eigenvalue weighted by Gasteiger charge is -2.25. The van der Waals surface area contributed by atoms with Crippen molar-refractivity contribution in [2.24, 2.45) is 0 Å². The van der Waals surface area contributed by atoms with E-state index in [9.17, 15) is 9.18 Å². The van der Waals surface area contributed by atoms with Gasteiger partial charge in [-0.1, -0.05) is 66.7 Å². The maximum atomic E-state index is 14.3. The summed E-state index contributed by atoms with van der Waals surface area (Å²) in [5, 5.41) is 3.00. The third kappa shape index (κ3) is 4.62. The number of halogens is 1. The highest BCUT2D eigenvalue weighted by molar-refractivity contribution is 5.87. The van der Waals surface area contributed by atoms with Crippen LogP contribution in [-0.4, -0.2) is 15.5 Å². The van der Waals surface area contributed by atoms with Crippen LogP contribution in [0.4, 0.5) is 4.39 Å². The first-order chi connectivity index (χ1) is 15.4. The third-order valence-corrected chi connectivity index (χ3v) is 5.76. The number of rotatable bonds is 7. The lowest BCUT2D eigenvalue weighted by molar-refractivity contribution is -0.125. The number of hydrogen-bond donors (Lipinski definition) is 1. The molecular formula is C27H26FN3O. The molecule has 0 aliphatic heterocycles. The first-order valence-corrected chi connectivity index (χ1v) is 10.6. The Morgan fingerprint density at radius 3 is 2.44 bits per heavy atom. The van der Waals surface area contributed by atoms with Gasteiger partial charge in [-0.25, -0.2) is 9.37 Å². The van der Waals surface area contributed by atoms with Crippen LogP contribution in [0.1, 0.15) is 30.5 Å². The highest BCUT2D eigenvalue weighted by Crippen LogP contribution is 2.27. The first kappa shape index (κ1) is 21.5. The van der Waals surface area contributed by atoms with Crippen molar-refractivity contribution in [1.82, 2.24) is 14.9 Å². The van der Waals surface area contributed by atoms with Gasteiger partial charge in [-0.15, -0.1) is 0 Å². The van der Waals surface area contributed by atoms with Crippen LogP contribution in [-0.2, 0) is 23.3 Å². The van der Waals surface area contributed by atoms with Crippen LogP contribution in [0.25, 0.3) is 11.1 Å². The van der Waals surface area contributed by atoms with E-state index in [0.717, 1.165) is 23.2 Å². The van der Waals surface area contributed by atoms with Crippen molar-refractivity contribution >= 4 is 5.91 Å². The van der Waals surface area contributed by atoms with Gasteiger partial charge in [0.05, 0.1) is 11.7 Å². The molecule has 4 nitrogen and oxygen atoms in total. The van der Waals surface area contributed by atoms with Crippen LogP contribution < -0.4 is 5.32 Å². The van der Waals surface area contributed by atoms with Crippen LogP contribution in [0.15, 0.2) is 91.5 Å². The predicted octanol–water partition coefficient (Wildman–Crippen LogP) is 5.33. The Kier molecular flexibility index (Phi) is 6.17. The molecular weight excluding hydrogens is 401 g/mol. The fourth-order valence-electron chi connectivity index (χ4n) is 3.82. The summed E-state index contributed by atoms with van der Waals surface area (Å²) >= 11 is 0. The Bertz CT molecular complexity index is 1200. The van der Waals surface area contributed by atoms with Crippen LogP contribution in [0.5, 0.6) is 0 Å². The van der Waals surface area contributed by atoms with Gasteiger partial charge in [0.15, 0.2) is 0 Å². The Morgan fingerprint density at radius 1 is 1.00 bits per heavy atom. The van der Waals surface area contributed by atoms with Gasteiger partial charge in [-0.05, 0) is 42.2 Å². The van der Waals surface area contributed by atoms with Gasteiger partial charge in [0.2, 0.25) is 5.91 Å². The van der Waals surface area contributed by atoms with E-state index in [-0.39, 0.29) is 11.7 Å². The molecule has 4 rings (SSSR count). The highest BCUT2D eigenvalue weighted by atomic mass is 19.1. The summed E-state index contributed by atoms with van der Waals surface area (Å²) in [5.74, 6) is -0.586. The van der Waals surface area contributed by atoms with Gasteiger partial charge in [0.1, 0.15) is 5.82 Å². The van der Waals surface area contributed by atoms with Gasteiger partial charge in [0, 0.05) is 31.0 Å². The summed E-state index contributed by atoms with van der Waals surface area (Å²) in [7, 11) is 0. The zero-order valence-electron chi connectivity index (χ0n) is 18.3. The van der Waals surface area contributed by atoms with Crippen LogP contribution in [0.3, 0.4) is 0 Å². The summed E-state index contributed by atoms with van der Waals surface area (Å²) in [6.07, 6.45) is 5.51. The number of amides is 1. The number of benzene rings is 3. The molecule has 0 unspecified atom stereocenters. The molecule has 0 fully saturated rings. The first-order valence-electron chi connectivity index (χ1n) is 10.6. The Labute approximate surface area is 187 Å². The van der Waals surface area contributed by atoms with Crippen molar-refractivity contribution in [2.75, 3.05) is 0 Å². The van der Waals surface area contributed by atoms with E-state index in [1.54, 1.807) is 44.6 Å². The van der Waals surface area contributed by atoms with Gasteiger partial charge < -0.3 is 9.88 Å². The van der Waals surface area contributed by atoms with Crippen molar-refractivity contribution in [3.05, 3.63) is 114 Å². The molecule has 0 spiro atoms. The Hall–Kier alpha value is -3.73. The Balaban J connectivity index is 1.49. The standard InChI is InChI=1S/C27H26FN3O/c1-27(2,24-9-5-6-10-25(24)28)26(32)30-17-22-7-3-4-8-23(22)21-13-11-20(12-14-21)18-31-16-15-29-19-31/h3-16,19H,17-18H2,1-2H3,(H,30,32). The molecule has 4 aromatic rings. The molecule has 1 aromatic heterocycles. The summed E-state index contributed by atoms with van der Waals surface area (Å²) < 4.78 is 16.3. The van der Waals surface area contributed by atoms with Crippen molar-refractivity contribution in [3.63, 3.8) is 0 Å². The molecule has 32 heavy (non-hydrogen) atoms. The summed E-state index contributed by atoms with van der Waals surface area (Å²) in [6, 6.07) is 22.8. The van der Waals surface area contributed by atoms with Gasteiger partial charge in [-0.2, -0.15) is 0 Å². The molecule has 0 bridgehead atoms. The van der Waals surface area contributed by atoms with E-state index in [1.165, 1.54) is 11.6 Å². The maximum Gasteiger partial charge on any atom is 0.230 e. The van der Waals surface area contributed by atoms with Gasteiger partial charge >= 0.3 is 0 Å². The third-order valence-electron chi connectivity index (χ3n) is 5.76. The second-order valence-corrected chi connectivity index (χ2v) is 8.38. The fourth-order valence-corrected chi connectivity index (χ4v) is 3.82. The molecule has 0 aliphatic rings. The second-order valence-electron chi connectivity index (χ2n) is 8.38. The minimum atomic E-state index is -0.977.